The zero-order valence-corrected chi connectivity index (χ0v) is 18.1. The summed E-state index contributed by atoms with van der Waals surface area (Å²) in [5.74, 6) is 2.87. The summed E-state index contributed by atoms with van der Waals surface area (Å²) in [6.07, 6.45) is -1.31. The van der Waals surface area contributed by atoms with Gasteiger partial charge in [0.2, 0.25) is 5.89 Å². The molecule has 10 heteroatoms. The number of oxazole rings is 1. The number of aliphatic imine (C=N–C) groups is 1. The van der Waals surface area contributed by atoms with Crippen LogP contribution in [0.4, 0.5) is 13.2 Å². The number of hydrogen-bond acceptors (Lipinski definition) is 5. The van der Waals surface area contributed by atoms with E-state index in [1.165, 1.54) is 4.90 Å². The SMILES string of the molecule is CN=C(NCC1CCN(Cc2nc(C)c(C)o2)CC1)NC1CCN(CC(F)(F)F)C1. The van der Waals surface area contributed by atoms with Crippen LogP contribution < -0.4 is 10.6 Å². The first kappa shape index (κ1) is 22.9. The number of nitrogens with one attached hydrogen (secondary N) is 2. The van der Waals surface area contributed by atoms with Gasteiger partial charge in [0, 0.05) is 32.7 Å². The van der Waals surface area contributed by atoms with Crippen molar-refractivity contribution in [2.45, 2.75) is 51.9 Å². The molecule has 30 heavy (non-hydrogen) atoms. The molecule has 3 heterocycles. The maximum absolute atomic E-state index is 12.5. The molecule has 2 fully saturated rings. The van der Waals surface area contributed by atoms with Crippen molar-refractivity contribution in [1.82, 2.24) is 25.4 Å². The Morgan fingerprint density at radius 2 is 1.87 bits per heavy atom. The van der Waals surface area contributed by atoms with Gasteiger partial charge in [0.1, 0.15) is 5.76 Å². The number of halogens is 3. The lowest BCUT2D eigenvalue weighted by molar-refractivity contribution is -0.143. The molecule has 3 rings (SSSR count). The molecule has 2 aliphatic rings. The van der Waals surface area contributed by atoms with Crippen LogP contribution in [0.2, 0.25) is 0 Å². The standard InChI is InChI=1S/C20H33F3N6O/c1-14-15(2)30-18(26-14)12-28-7-4-16(5-8-28)10-25-19(24-3)27-17-6-9-29(11-17)13-20(21,22)23/h16-17H,4-13H2,1-3H3,(H2,24,25,27). The Morgan fingerprint density at radius 1 is 1.17 bits per heavy atom. The maximum Gasteiger partial charge on any atom is 0.401 e. The molecule has 0 amide bonds. The van der Waals surface area contributed by atoms with E-state index in [0.29, 0.717) is 31.4 Å². The predicted octanol–water partition coefficient (Wildman–Crippen LogP) is 2.31. The molecule has 1 aromatic heterocycles. The van der Waals surface area contributed by atoms with Crippen LogP contribution in [0, 0.1) is 19.8 Å². The van der Waals surface area contributed by atoms with Gasteiger partial charge in [-0.25, -0.2) is 4.98 Å². The molecule has 1 unspecified atom stereocenters. The Hall–Kier alpha value is -1.81. The number of likely N-dealkylation sites (tertiary alicyclic amines) is 2. The fraction of sp³-hybridized carbons (Fsp3) is 0.800. The van der Waals surface area contributed by atoms with Gasteiger partial charge in [-0.05, 0) is 52.1 Å². The van der Waals surface area contributed by atoms with Crippen molar-refractivity contribution >= 4 is 5.96 Å². The van der Waals surface area contributed by atoms with Gasteiger partial charge in [0.15, 0.2) is 5.96 Å². The summed E-state index contributed by atoms with van der Waals surface area (Å²) in [5, 5.41) is 6.62. The summed E-state index contributed by atoms with van der Waals surface area (Å²) in [6.45, 7) is 7.43. The van der Waals surface area contributed by atoms with E-state index in [2.05, 4.69) is 25.5 Å². The highest BCUT2D eigenvalue weighted by atomic mass is 19.4. The van der Waals surface area contributed by atoms with Gasteiger partial charge >= 0.3 is 6.18 Å². The van der Waals surface area contributed by atoms with E-state index >= 15 is 0 Å². The average molecular weight is 431 g/mol. The fourth-order valence-electron chi connectivity index (χ4n) is 4.12. The van der Waals surface area contributed by atoms with Gasteiger partial charge in [-0.1, -0.05) is 0 Å². The molecule has 2 aliphatic heterocycles. The molecule has 2 N–H and O–H groups in total. The van der Waals surface area contributed by atoms with Crippen molar-refractivity contribution < 1.29 is 17.6 Å². The fourth-order valence-corrected chi connectivity index (χ4v) is 4.12. The third kappa shape index (κ3) is 6.87. The van der Waals surface area contributed by atoms with Crippen LogP contribution in [0.15, 0.2) is 9.41 Å². The van der Waals surface area contributed by atoms with Crippen LogP contribution in [0.1, 0.15) is 36.6 Å². The van der Waals surface area contributed by atoms with Crippen molar-refractivity contribution in [2.75, 3.05) is 46.3 Å². The molecule has 0 saturated carbocycles. The lowest BCUT2D eigenvalue weighted by Gasteiger charge is -2.31. The van der Waals surface area contributed by atoms with E-state index in [1.54, 1.807) is 7.05 Å². The second-order valence-electron chi connectivity index (χ2n) is 8.40. The number of aryl methyl sites for hydroxylation is 2. The Bertz CT molecular complexity index is 692. The summed E-state index contributed by atoms with van der Waals surface area (Å²) in [5.41, 5.74) is 0.951. The largest absolute Gasteiger partial charge is 0.444 e. The molecule has 0 bridgehead atoms. The molecule has 1 atom stereocenters. The van der Waals surface area contributed by atoms with Gasteiger partial charge in [-0.15, -0.1) is 0 Å². The summed E-state index contributed by atoms with van der Waals surface area (Å²) < 4.78 is 43.3. The Labute approximate surface area is 176 Å². The minimum absolute atomic E-state index is 0.00638. The predicted molar refractivity (Wildman–Crippen MR) is 109 cm³/mol. The first-order valence-electron chi connectivity index (χ1n) is 10.6. The van der Waals surface area contributed by atoms with E-state index in [0.717, 1.165) is 56.4 Å². The monoisotopic (exact) mass is 430 g/mol. The number of nitrogens with zero attached hydrogens (tertiary/aromatic N) is 4. The Balaban J connectivity index is 1.35. The van der Waals surface area contributed by atoms with Gasteiger partial charge in [-0.2, -0.15) is 13.2 Å². The summed E-state index contributed by atoms with van der Waals surface area (Å²) in [4.78, 5) is 12.5. The number of rotatable bonds is 6. The number of aromatic nitrogens is 1. The molecule has 1 aromatic rings. The van der Waals surface area contributed by atoms with Crippen molar-refractivity contribution in [3.8, 4) is 0 Å². The number of hydrogen-bond donors (Lipinski definition) is 2. The third-order valence-corrected chi connectivity index (χ3v) is 5.94. The van der Waals surface area contributed by atoms with Crippen molar-refractivity contribution in [1.29, 1.82) is 0 Å². The number of alkyl halides is 3. The van der Waals surface area contributed by atoms with Crippen LogP contribution in [0.5, 0.6) is 0 Å². The van der Waals surface area contributed by atoms with E-state index < -0.39 is 12.7 Å². The van der Waals surface area contributed by atoms with Crippen molar-refractivity contribution in [2.24, 2.45) is 10.9 Å². The van der Waals surface area contributed by atoms with Crippen LogP contribution in [0.25, 0.3) is 0 Å². The lowest BCUT2D eigenvalue weighted by Crippen LogP contribution is -2.47. The normalized spacial score (nSPS) is 22.6. The first-order chi connectivity index (χ1) is 14.2. The minimum Gasteiger partial charge on any atom is -0.444 e. The van der Waals surface area contributed by atoms with Gasteiger partial charge in [-0.3, -0.25) is 14.8 Å². The molecule has 170 valence electrons. The lowest BCUT2D eigenvalue weighted by atomic mass is 9.97. The first-order valence-corrected chi connectivity index (χ1v) is 10.6. The molecule has 2 saturated heterocycles. The quantitative estimate of drug-likeness (QED) is 0.533. The van der Waals surface area contributed by atoms with Crippen LogP contribution in [-0.4, -0.2) is 79.3 Å². The van der Waals surface area contributed by atoms with Gasteiger partial charge in [0.25, 0.3) is 0 Å². The molecule has 7 nitrogen and oxygen atoms in total. The van der Waals surface area contributed by atoms with E-state index in [9.17, 15) is 13.2 Å². The van der Waals surface area contributed by atoms with Crippen LogP contribution >= 0.6 is 0 Å². The molecule has 0 radical (unpaired) electrons. The molecule has 0 aliphatic carbocycles. The van der Waals surface area contributed by atoms with Crippen molar-refractivity contribution in [3.63, 3.8) is 0 Å². The van der Waals surface area contributed by atoms with E-state index in [4.69, 9.17) is 4.42 Å². The van der Waals surface area contributed by atoms with Crippen molar-refractivity contribution in [3.05, 3.63) is 17.3 Å². The highest BCUT2D eigenvalue weighted by Gasteiger charge is 2.34. The molecular formula is C20H33F3N6O. The number of piperidine rings is 1. The third-order valence-electron chi connectivity index (χ3n) is 5.94. The minimum atomic E-state index is -4.14. The summed E-state index contributed by atoms with van der Waals surface area (Å²) in [7, 11) is 1.70. The highest BCUT2D eigenvalue weighted by molar-refractivity contribution is 5.80. The summed E-state index contributed by atoms with van der Waals surface area (Å²) >= 11 is 0. The molecule has 0 aromatic carbocycles. The number of guanidine groups is 1. The summed E-state index contributed by atoms with van der Waals surface area (Å²) in [6, 6.07) is -0.00638. The average Bonchev–Trinajstić information content (AvgIpc) is 3.24. The zero-order chi connectivity index (χ0) is 21.7. The molecule has 0 spiro atoms. The van der Waals surface area contributed by atoms with Gasteiger partial charge < -0.3 is 15.1 Å². The zero-order valence-electron chi connectivity index (χ0n) is 18.1. The Morgan fingerprint density at radius 3 is 2.47 bits per heavy atom. The Kier molecular flexibility index (Phi) is 7.62. The van der Waals surface area contributed by atoms with Gasteiger partial charge in [0.05, 0.1) is 18.8 Å². The smallest absolute Gasteiger partial charge is 0.401 e. The van der Waals surface area contributed by atoms with Crippen LogP contribution in [-0.2, 0) is 6.54 Å². The molecular weight excluding hydrogens is 397 g/mol. The van der Waals surface area contributed by atoms with E-state index in [1.807, 2.05) is 13.8 Å². The van der Waals surface area contributed by atoms with Crippen LogP contribution in [0.3, 0.4) is 0 Å². The second kappa shape index (κ2) is 10.00. The second-order valence-corrected chi connectivity index (χ2v) is 8.40. The topological polar surface area (TPSA) is 68.9 Å². The maximum atomic E-state index is 12.5. The van der Waals surface area contributed by atoms with E-state index in [-0.39, 0.29) is 6.04 Å². The highest BCUT2D eigenvalue weighted by Crippen LogP contribution is 2.21.